The Morgan fingerprint density at radius 3 is 1.67 bits per heavy atom. The highest BCUT2D eigenvalue weighted by atomic mass is 32.3. The van der Waals surface area contributed by atoms with Gasteiger partial charge in [-0.3, -0.25) is 9.35 Å². The minimum Gasteiger partial charge on any atom is -0.457 e. The molecule has 0 aromatic heterocycles. The fourth-order valence-electron chi connectivity index (χ4n) is 6.60. The van der Waals surface area contributed by atoms with E-state index in [2.05, 4.69) is 78.8 Å². The first-order valence-corrected chi connectivity index (χ1v) is 24.4. The topological polar surface area (TPSA) is 178 Å². The second-order valence-electron chi connectivity index (χ2n) is 15.6. The van der Waals surface area contributed by atoms with Gasteiger partial charge in [-0.05, 0) is 77.0 Å². The van der Waals surface area contributed by atoms with Gasteiger partial charge in [-0.1, -0.05) is 145 Å². The smallest absolute Gasteiger partial charge is 0.397 e. The van der Waals surface area contributed by atoms with Crippen molar-refractivity contribution in [2.24, 2.45) is 0 Å². The average Bonchev–Trinajstić information content (AvgIpc) is 3.22. The third kappa shape index (κ3) is 31.6. The van der Waals surface area contributed by atoms with Crippen LogP contribution in [0, 0.1) is 0 Å². The maximum Gasteiger partial charge on any atom is 0.397 e. The summed E-state index contributed by atoms with van der Waals surface area (Å²) in [7, 11) is -5.07. The second-order valence-corrected chi connectivity index (χ2v) is 16.7. The normalized spacial score (nSPS) is 20.8. The molecule has 1 fully saturated rings. The highest BCUT2D eigenvalue weighted by Crippen LogP contribution is 2.26. The van der Waals surface area contributed by atoms with Crippen molar-refractivity contribution < 1.29 is 56.2 Å². The summed E-state index contributed by atoms with van der Waals surface area (Å²) in [6, 6.07) is 0. The molecule has 60 heavy (non-hydrogen) atoms. The van der Waals surface area contributed by atoms with Crippen LogP contribution in [0.2, 0.25) is 0 Å². The van der Waals surface area contributed by atoms with Crippen molar-refractivity contribution in [3.63, 3.8) is 0 Å². The van der Waals surface area contributed by atoms with Gasteiger partial charge in [-0.15, -0.1) is 0 Å². The lowest BCUT2D eigenvalue weighted by molar-refractivity contribution is -0.301. The summed E-state index contributed by atoms with van der Waals surface area (Å²) >= 11 is 0. The van der Waals surface area contributed by atoms with Crippen LogP contribution in [-0.2, 0) is 38.3 Å². The molecule has 1 aliphatic heterocycles. The predicted octanol–water partition coefficient (Wildman–Crippen LogP) is 9.74. The molecule has 1 aliphatic rings. The molecule has 348 valence electrons. The Morgan fingerprint density at radius 2 is 1.13 bits per heavy atom. The minimum atomic E-state index is -5.07. The molecule has 0 aromatic carbocycles. The second kappa shape index (κ2) is 38.5. The Kier molecular flexibility index (Phi) is 35.8. The molecule has 6 unspecified atom stereocenters. The first-order chi connectivity index (χ1) is 29.1. The number of hydrogen-bond donors (Lipinski definition) is 4. The average molecular weight is 871 g/mol. The molecule has 0 bridgehead atoms. The first-order valence-electron chi connectivity index (χ1n) is 23.0. The van der Waals surface area contributed by atoms with Crippen LogP contribution in [0.25, 0.3) is 0 Å². The Morgan fingerprint density at radius 1 is 0.633 bits per heavy atom. The largest absolute Gasteiger partial charge is 0.457 e. The third-order valence-corrected chi connectivity index (χ3v) is 10.6. The van der Waals surface area contributed by atoms with E-state index in [0.717, 1.165) is 96.3 Å². The van der Waals surface area contributed by atoms with E-state index in [-0.39, 0.29) is 19.6 Å². The summed E-state index contributed by atoms with van der Waals surface area (Å²) in [4.78, 5) is 12.9. The van der Waals surface area contributed by atoms with E-state index in [1.165, 1.54) is 44.9 Å². The van der Waals surface area contributed by atoms with Crippen LogP contribution in [0.1, 0.15) is 168 Å². The summed E-state index contributed by atoms with van der Waals surface area (Å²) in [6.45, 7) is 3.85. The Balaban J connectivity index is 2.44. The van der Waals surface area contributed by atoms with Crippen molar-refractivity contribution >= 4 is 16.4 Å². The molecule has 4 N–H and O–H groups in total. The van der Waals surface area contributed by atoms with Gasteiger partial charge in [0.05, 0.1) is 19.8 Å². The van der Waals surface area contributed by atoms with Crippen LogP contribution >= 0.6 is 0 Å². The maximum atomic E-state index is 12.9. The monoisotopic (exact) mass is 871 g/mol. The molecule has 1 heterocycles. The van der Waals surface area contributed by atoms with Crippen LogP contribution in [0.5, 0.6) is 0 Å². The molecule has 12 nitrogen and oxygen atoms in total. The highest BCUT2D eigenvalue weighted by molar-refractivity contribution is 7.80. The molecule has 6 atom stereocenters. The van der Waals surface area contributed by atoms with Crippen LogP contribution in [0.3, 0.4) is 0 Å². The molecule has 0 saturated carbocycles. The molecule has 0 spiro atoms. The van der Waals surface area contributed by atoms with Gasteiger partial charge in [-0.2, -0.15) is 8.42 Å². The summed E-state index contributed by atoms with van der Waals surface area (Å²) in [5, 5.41) is 30.7. The zero-order valence-electron chi connectivity index (χ0n) is 37.0. The molecular formula is C47H82O12S. The van der Waals surface area contributed by atoms with Gasteiger partial charge >= 0.3 is 16.4 Å². The van der Waals surface area contributed by atoms with Gasteiger partial charge in [0.15, 0.2) is 6.29 Å². The van der Waals surface area contributed by atoms with Gasteiger partial charge < -0.3 is 34.3 Å². The van der Waals surface area contributed by atoms with Gasteiger partial charge in [-0.25, -0.2) is 4.18 Å². The standard InChI is InChI=1S/C47H82O12S/c1-3-5-7-9-11-13-15-17-19-20-21-22-23-24-26-28-30-32-34-36-43(49)57-41(39-55-37-35-33-31-29-27-25-18-16-14-12-10-8-6-4-2)40-56-47-45(51)46(59-60(52,53)54)44(50)42(38-48)58-47/h8,10-11,13-14,16-17,19,21-22,41-42,44-48,50-51H,3-7,9,12,15,18,20,23-40H2,1-2H3,(H,52,53,54)/b10-8-,13-11-,16-14-,19-17-,22-21-. The number of carbonyl (C=O) groups excluding carboxylic acids is 1. The van der Waals surface area contributed by atoms with Gasteiger partial charge in [0.25, 0.3) is 0 Å². The van der Waals surface area contributed by atoms with Crippen LogP contribution in [-0.4, -0.2) is 97.5 Å². The van der Waals surface area contributed by atoms with Crippen molar-refractivity contribution in [2.75, 3.05) is 26.4 Å². The Labute approximate surface area is 363 Å². The first kappa shape index (κ1) is 55.8. The van der Waals surface area contributed by atoms with Crippen LogP contribution < -0.4 is 0 Å². The molecule has 1 rings (SSSR count). The Bertz CT molecular complexity index is 1280. The molecular weight excluding hydrogens is 789 g/mol. The maximum absolute atomic E-state index is 12.9. The van der Waals surface area contributed by atoms with E-state index in [9.17, 15) is 28.5 Å². The number of esters is 1. The number of hydrogen-bond acceptors (Lipinski definition) is 11. The summed E-state index contributed by atoms with van der Waals surface area (Å²) in [5.41, 5.74) is 0. The van der Waals surface area contributed by atoms with E-state index in [0.29, 0.717) is 13.0 Å². The van der Waals surface area contributed by atoms with Crippen LogP contribution in [0.4, 0.5) is 0 Å². The molecule has 1 saturated heterocycles. The van der Waals surface area contributed by atoms with E-state index < -0.39 is 59.8 Å². The third-order valence-electron chi connectivity index (χ3n) is 10.1. The lowest BCUT2D eigenvalue weighted by atomic mass is 9.99. The zero-order valence-corrected chi connectivity index (χ0v) is 37.8. The number of allylic oxidation sites excluding steroid dienone is 10. The lowest BCUT2D eigenvalue weighted by Crippen LogP contribution is -2.60. The molecule has 0 aromatic rings. The van der Waals surface area contributed by atoms with Crippen molar-refractivity contribution in [1.29, 1.82) is 0 Å². The zero-order chi connectivity index (χ0) is 43.9. The number of aliphatic hydroxyl groups excluding tert-OH is 3. The summed E-state index contributed by atoms with van der Waals surface area (Å²) in [6.07, 6.45) is 38.2. The van der Waals surface area contributed by atoms with Gasteiger partial charge in [0, 0.05) is 13.0 Å². The number of rotatable bonds is 39. The SMILES string of the molecule is CCC/C=C\C/C=C\CCCCCCCCOCC(COC1OC(CO)C(O)C(OS(=O)(=O)O)C1O)OC(=O)CCCCCCCC/C=C\C/C=C\C/C=C\CCCCC. The predicted molar refractivity (Wildman–Crippen MR) is 239 cm³/mol. The summed E-state index contributed by atoms with van der Waals surface area (Å²) < 4.78 is 59.0. The fraction of sp³-hybridized carbons (Fsp3) is 0.766. The highest BCUT2D eigenvalue weighted by Gasteiger charge is 2.48. The number of aliphatic hydroxyl groups is 3. The van der Waals surface area contributed by atoms with Gasteiger partial charge in [0.1, 0.15) is 30.5 Å². The van der Waals surface area contributed by atoms with Crippen molar-refractivity contribution in [3.8, 4) is 0 Å². The molecule has 0 aliphatic carbocycles. The minimum absolute atomic E-state index is 0.0206. The molecule has 0 amide bonds. The number of ether oxygens (including phenoxy) is 4. The number of unbranched alkanes of at least 4 members (excludes halogenated alkanes) is 16. The van der Waals surface area contributed by atoms with Crippen molar-refractivity contribution in [3.05, 3.63) is 60.8 Å². The summed E-state index contributed by atoms with van der Waals surface area (Å²) in [5.74, 6) is -0.418. The lowest BCUT2D eigenvalue weighted by Gasteiger charge is -2.41. The molecule has 0 radical (unpaired) electrons. The van der Waals surface area contributed by atoms with E-state index in [1.54, 1.807) is 0 Å². The van der Waals surface area contributed by atoms with Crippen molar-refractivity contribution in [1.82, 2.24) is 0 Å². The van der Waals surface area contributed by atoms with E-state index in [4.69, 9.17) is 23.5 Å². The quantitative estimate of drug-likeness (QED) is 0.0199. The van der Waals surface area contributed by atoms with Crippen LogP contribution in [0.15, 0.2) is 60.8 Å². The fourth-order valence-corrected chi connectivity index (χ4v) is 7.11. The number of carbonyl (C=O) groups is 1. The van der Waals surface area contributed by atoms with E-state index in [1.807, 2.05) is 0 Å². The van der Waals surface area contributed by atoms with Gasteiger partial charge in [0.2, 0.25) is 0 Å². The van der Waals surface area contributed by atoms with Crippen molar-refractivity contribution in [2.45, 2.75) is 205 Å². The van der Waals surface area contributed by atoms with E-state index >= 15 is 0 Å². The Hall–Kier alpha value is -2.20. The molecule has 13 heteroatoms.